The molecule has 0 saturated heterocycles. The summed E-state index contributed by atoms with van der Waals surface area (Å²) in [5.74, 6) is 0. The normalized spacial score (nSPS) is 12.9. The summed E-state index contributed by atoms with van der Waals surface area (Å²) in [5, 5.41) is 9.81. The number of hydrogen-bond acceptors (Lipinski definition) is 3. The molecule has 1 aromatic rings. The van der Waals surface area contributed by atoms with Crippen LogP contribution in [0.25, 0.3) is 0 Å². The van der Waals surface area contributed by atoms with Gasteiger partial charge in [0, 0.05) is 26.0 Å². The van der Waals surface area contributed by atoms with E-state index in [1.54, 1.807) is 7.11 Å². The van der Waals surface area contributed by atoms with Crippen molar-refractivity contribution >= 4 is 0 Å². The maximum absolute atomic E-state index is 9.81. The minimum absolute atomic E-state index is 0.337. The van der Waals surface area contributed by atoms with Crippen LogP contribution in [-0.2, 0) is 16.0 Å². The zero-order chi connectivity index (χ0) is 12.5. The number of aromatic nitrogens is 1. The second-order valence-electron chi connectivity index (χ2n) is 4.09. The molecule has 1 rings (SSSR count). The van der Waals surface area contributed by atoms with Crippen molar-refractivity contribution in [3.05, 3.63) is 24.0 Å². The lowest BCUT2D eigenvalue weighted by molar-refractivity contribution is 0.0666. The predicted octanol–water partition coefficient (Wildman–Crippen LogP) is 1.98. The van der Waals surface area contributed by atoms with Crippen molar-refractivity contribution in [2.24, 2.45) is 0 Å². The number of aliphatic hydroxyl groups is 1. The Morgan fingerprint density at radius 3 is 2.88 bits per heavy atom. The maximum atomic E-state index is 9.81. The van der Waals surface area contributed by atoms with E-state index in [1.165, 1.54) is 0 Å². The smallest absolute Gasteiger partial charge is 0.0804 e. The second kappa shape index (κ2) is 8.28. The molecule has 98 valence electrons. The number of methoxy groups -OCH3 is 1. The van der Waals surface area contributed by atoms with Crippen LogP contribution in [0.1, 0.15) is 31.4 Å². The first-order valence-electron chi connectivity index (χ1n) is 6.18. The Kier molecular flexibility index (Phi) is 6.93. The highest BCUT2D eigenvalue weighted by Gasteiger charge is 2.07. The van der Waals surface area contributed by atoms with Gasteiger partial charge in [-0.2, -0.15) is 0 Å². The van der Waals surface area contributed by atoms with Crippen molar-refractivity contribution in [3.8, 4) is 0 Å². The number of hydrogen-bond donors (Lipinski definition) is 1. The number of rotatable bonds is 9. The zero-order valence-corrected chi connectivity index (χ0v) is 10.8. The third kappa shape index (κ3) is 5.35. The van der Waals surface area contributed by atoms with E-state index in [2.05, 4.69) is 6.92 Å². The molecule has 0 aliphatic heterocycles. The average Bonchev–Trinajstić information content (AvgIpc) is 2.78. The van der Waals surface area contributed by atoms with E-state index in [0.717, 1.165) is 24.9 Å². The molecule has 0 bridgehead atoms. The van der Waals surface area contributed by atoms with Gasteiger partial charge in [0.25, 0.3) is 0 Å². The standard InChI is InChI=1S/C13H23NO3/c1-3-4-13(15)12-5-6-14(11-12)7-8-17-10-9-16-2/h5-6,11,13,15H,3-4,7-10H2,1-2H3. The molecular weight excluding hydrogens is 218 g/mol. The van der Waals surface area contributed by atoms with Gasteiger partial charge in [0.05, 0.1) is 25.9 Å². The highest BCUT2D eigenvalue weighted by Crippen LogP contribution is 2.18. The lowest BCUT2D eigenvalue weighted by Gasteiger charge is -2.07. The number of aliphatic hydroxyl groups excluding tert-OH is 1. The zero-order valence-electron chi connectivity index (χ0n) is 10.8. The Hall–Kier alpha value is -0.840. The molecule has 1 aromatic heterocycles. The van der Waals surface area contributed by atoms with Gasteiger partial charge in [-0.3, -0.25) is 0 Å². The number of nitrogens with zero attached hydrogens (tertiary/aromatic N) is 1. The number of ether oxygens (including phenoxy) is 2. The summed E-state index contributed by atoms with van der Waals surface area (Å²) < 4.78 is 12.3. The van der Waals surface area contributed by atoms with Gasteiger partial charge in [0.2, 0.25) is 0 Å². The lowest BCUT2D eigenvalue weighted by atomic mass is 10.1. The van der Waals surface area contributed by atoms with E-state index in [1.807, 2.05) is 23.0 Å². The van der Waals surface area contributed by atoms with Gasteiger partial charge in [-0.1, -0.05) is 13.3 Å². The fraction of sp³-hybridized carbons (Fsp3) is 0.692. The highest BCUT2D eigenvalue weighted by molar-refractivity contribution is 5.13. The van der Waals surface area contributed by atoms with Crippen molar-refractivity contribution in [1.82, 2.24) is 4.57 Å². The van der Waals surface area contributed by atoms with Crippen LogP contribution in [0.2, 0.25) is 0 Å². The average molecular weight is 241 g/mol. The van der Waals surface area contributed by atoms with E-state index in [9.17, 15) is 5.11 Å². The summed E-state index contributed by atoms with van der Waals surface area (Å²) in [6.07, 6.45) is 5.44. The van der Waals surface area contributed by atoms with Gasteiger partial charge < -0.3 is 19.1 Å². The molecule has 1 heterocycles. The Morgan fingerprint density at radius 2 is 2.18 bits per heavy atom. The molecule has 17 heavy (non-hydrogen) atoms. The first kappa shape index (κ1) is 14.2. The van der Waals surface area contributed by atoms with Crippen LogP contribution in [0.3, 0.4) is 0 Å². The molecule has 4 heteroatoms. The Bertz CT molecular complexity index is 299. The van der Waals surface area contributed by atoms with E-state index in [-0.39, 0.29) is 6.10 Å². The van der Waals surface area contributed by atoms with Crippen molar-refractivity contribution in [1.29, 1.82) is 0 Å². The van der Waals surface area contributed by atoms with Crippen LogP contribution in [0.15, 0.2) is 18.5 Å². The van der Waals surface area contributed by atoms with Gasteiger partial charge in [0.15, 0.2) is 0 Å². The Morgan fingerprint density at radius 1 is 1.35 bits per heavy atom. The molecule has 0 fully saturated rings. The molecule has 0 aromatic carbocycles. The molecule has 0 aliphatic carbocycles. The Labute approximate surface area is 103 Å². The fourth-order valence-corrected chi connectivity index (χ4v) is 1.65. The second-order valence-corrected chi connectivity index (χ2v) is 4.09. The fourth-order valence-electron chi connectivity index (χ4n) is 1.65. The molecule has 1 atom stereocenters. The van der Waals surface area contributed by atoms with Gasteiger partial charge in [-0.05, 0) is 18.1 Å². The van der Waals surface area contributed by atoms with E-state index in [4.69, 9.17) is 9.47 Å². The molecule has 0 radical (unpaired) electrons. The van der Waals surface area contributed by atoms with Gasteiger partial charge in [-0.25, -0.2) is 0 Å². The minimum atomic E-state index is -0.337. The molecule has 0 aliphatic rings. The molecule has 0 spiro atoms. The summed E-state index contributed by atoms with van der Waals surface area (Å²) in [6, 6.07) is 1.97. The first-order valence-corrected chi connectivity index (χ1v) is 6.18. The van der Waals surface area contributed by atoms with E-state index < -0.39 is 0 Å². The van der Waals surface area contributed by atoms with Crippen LogP contribution >= 0.6 is 0 Å². The summed E-state index contributed by atoms with van der Waals surface area (Å²) in [7, 11) is 1.66. The van der Waals surface area contributed by atoms with Crippen molar-refractivity contribution in [2.45, 2.75) is 32.4 Å². The monoisotopic (exact) mass is 241 g/mol. The largest absolute Gasteiger partial charge is 0.388 e. The quantitative estimate of drug-likeness (QED) is 0.672. The topological polar surface area (TPSA) is 43.6 Å². The van der Waals surface area contributed by atoms with Crippen molar-refractivity contribution in [2.75, 3.05) is 26.9 Å². The summed E-state index contributed by atoms with van der Waals surface area (Å²) in [5.41, 5.74) is 0.990. The Balaban J connectivity index is 2.25. The summed E-state index contributed by atoms with van der Waals surface area (Å²) >= 11 is 0. The lowest BCUT2D eigenvalue weighted by Crippen LogP contribution is -2.08. The van der Waals surface area contributed by atoms with Crippen LogP contribution < -0.4 is 0 Å². The van der Waals surface area contributed by atoms with Gasteiger partial charge in [-0.15, -0.1) is 0 Å². The van der Waals surface area contributed by atoms with E-state index in [0.29, 0.717) is 19.8 Å². The van der Waals surface area contributed by atoms with E-state index >= 15 is 0 Å². The predicted molar refractivity (Wildman–Crippen MR) is 67.0 cm³/mol. The van der Waals surface area contributed by atoms with Crippen LogP contribution in [0.4, 0.5) is 0 Å². The SMILES string of the molecule is CCCC(O)c1ccn(CCOCCOC)c1. The summed E-state index contributed by atoms with van der Waals surface area (Å²) in [4.78, 5) is 0. The summed E-state index contributed by atoms with van der Waals surface area (Å²) in [6.45, 7) is 4.81. The van der Waals surface area contributed by atoms with Crippen LogP contribution in [0, 0.1) is 0 Å². The van der Waals surface area contributed by atoms with Gasteiger partial charge in [0.1, 0.15) is 0 Å². The minimum Gasteiger partial charge on any atom is -0.388 e. The third-order valence-electron chi connectivity index (χ3n) is 2.65. The van der Waals surface area contributed by atoms with Crippen LogP contribution in [-0.4, -0.2) is 36.6 Å². The van der Waals surface area contributed by atoms with Crippen molar-refractivity contribution < 1.29 is 14.6 Å². The van der Waals surface area contributed by atoms with Gasteiger partial charge >= 0.3 is 0 Å². The molecule has 1 N–H and O–H groups in total. The molecule has 0 amide bonds. The highest BCUT2D eigenvalue weighted by atomic mass is 16.5. The van der Waals surface area contributed by atoms with Crippen LogP contribution in [0.5, 0.6) is 0 Å². The molecule has 4 nitrogen and oxygen atoms in total. The molecule has 1 unspecified atom stereocenters. The first-order chi connectivity index (χ1) is 8.27. The third-order valence-corrected chi connectivity index (χ3v) is 2.65. The molecular formula is C13H23NO3. The molecule has 0 saturated carbocycles. The maximum Gasteiger partial charge on any atom is 0.0804 e. The van der Waals surface area contributed by atoms with Crippen molar-refractivity contribution in [3.63, 3.8) is 0 Å².